The number of hydrogen-bond donors (Lipinski definition) is 2. The van der Waals surface area contributed by atoms with Crippen LogP contribution in [0.2, 0.25) is 5.02 Å². The van der Waals surface area contributed by atoms with Gasteiger partial charge in [-0.2, -0.15) is 0 Å². The number of nitrogens with one attached hydrogen (secondary N) is 1. The van der Waals surface area contributed by atoms with Crippen molar-refractivity contribution >= 4 is 23.5 Å². The fraction of sp³-hybridized carbons (Fsp3) is 0.562. The van der Waals surface area contributed by atoms with E-state index < -0.39 is 17.4 Å². The molecule has 0 spiro atoms. The highest BCUT2D eigenvalue weighted by Gasteiger charge is 2.39. The Kier molecular flexibility index (Phi) is 4.91. The highest BCUT2D eigenvalue weighted by atomic mass is 35.5. The molecule has 2 N–H and O–H groups in total. The van der Waals surface area contributed by atoms with Gasteiger partial charge in [0.25, 0.3) is 5.91 Å². The van der Waals surface area contributed by atoms with E-state index in [1.165, 1.54) is 12.3 Å². The molecular formula is C16H19ClN2O5. The van der Waals surface area contributed by atoms with Gasteiger partial charge < -0.3 is 19.9 Å². The van der Waals surface area contributed by atoms with Crippen LogP contribution in [0.1, 0.15) is 36.0 Å². The number of nitrogens with zero attached hydrogens (tertiary/aromatic N) is 1. The second kappa shape index (κ2) is 6.94. The second-order valence-electron chi connectivity index (χ2n) is 6.37. The third kappa shape index (κ3) is 4.15. The van der Waals surface area contributed by atoms with Gasteiger partial charge in [0.1, 0.15) is 5.02 Å². The Morgan fingerprint density at radius 3 is 2.88 bits per heavy atom. The zero-order valence-electron chi connectivity index (χ0n) is 13.1. The number of rotatable bonds is 7. The first-order chi connectivity index (χ1) is 11.5. The van der Waals surface area contributed by atoms with Crippen molar-refractivity contribution in [3.63, 3.8) is 0 Å². The molecule has 2 fully saturated rings. The van der Waals surface area contributed by atoms with Crippen molar-refractivity contribution in [1.82, 2.24) is 10.3 Å². The summed E-state index contributed by atoms with van der Waals surface area (Å²) in [5.41, 5.74) is -0.633. The van der Waals surface area contributed by atoms with Crippen LogP contribution in [0.25, 0.3) is 0 Å². The maximum Gasteiger partial charge on any atom is 0.305 e. The van der Waals surface area contributed by atoms with Gasteiger partial charge in [-0.25, -0.2) is 4.98 Å². The molecule has 1 aliphatic heterocycles. The van der Waals surface area contributed by atoms with Crippen LogP contribution in [0.5, 0.6) is 5.88 Å². The molecule has 1 atom stereocenters. The van der Waals surface area contributed by atoms with Crippen molar-refractivity contribution in [3.8, 4) is 5.88 Å². The smallest absolute Gasteiger partial charge is 0.305 e. The Balaban J connectivity index is 1.67. The SMILES string of the molecule is O=C(O)CC1(NC(=O)c2cnc(OCC3CC3)c(Cl)c2)CCOC1. The summed E-state index contributed by atoms with van der Waals surface area (Å²) in [5, 5.41) is 12.1. The number of aromatic nitrogens is 1. The summed E-state index contributed by atoms with van der Waals surface area (Å²) in [4.78, 5) is 27.6. The van der Waals surface area contributed by atoms with E-state index in [2.05, 4.69) is 10.3 Å². The summed E-state index contributed by atoms with van der Waals surface area (Å²) in [6, 6.07) is 1.48. The monoisotopic (exact) mass is 354 g/mol. The highest BCUT2D eigenvalue weighted by Crippen LogP contribution is 2.31. The predicted molar refractivity (Wildman–Crippen MR) is 85.4 cm³/mol. The summed E-state index contributed by atoms with van der Waals surface area (Å²) in [5.74, 6) is -0.528. The number of aliphatic carboxylic acids is 1. The van der Waals surface area contributed by atoms with Gasteiger partial charge in [-0.3, -0.25) is 9.59 Å². The lowest BCUT2D eigenvalue weighted by Gasteiger charge is -2.27. The molecule has 0 aromatic carbocycles. The van der Waals surface area contributed by atoms with Gasteiger partial charge >= 0.3 is 5.97 Å². The quantitative estimate of drug-likeness (QED) is 0.776. The van der Waals surface area contributed by atoms with Crippen molar-refractivity contribution < 1.29 is 24.2 Å². The van der Waals surface area contributed by atoms with Gasteiger partial charge in [0.15, 0.2) is 0 Å². The fourth-order valence-corrected chi connectivity index (χ4v) is 2.85. The van der Waals surface area contributed by atoms with Gasteiger partial charge in [-0.1, -0.05) is 11.6 Å². The molecule has 1 unspecified atom stereocenters. The van der Waals surface area contributed by atoms with E-state index >= 15 is 0 Å². The van der Waals surface area contributed by atoms with Crippen LogP contribution in [0.3, 0.4) is 0 Å². The molecule has 0 radical (unpaired) electrons. The molecule has 1 aromatic rings. The minimum Gasteiger partial charge on any atom is -0.481 e. The summed E-state index contributed by atoms with van der Waals surface area (Å²) < 4.78 is 10.8. The zero-order valence-corrected chi connectivity index (χ0v) is 13.8. The van der Waals surface area contributed by atoms with Crippen LogP contribution in [-0.2, 0) is 9.53 Å². The van der Waals surface area contributed by atoms with Gasteiger partial charge in [0.2, 0.25) is 5.88 Å². The maximum atomic E-state index is 12.4. The molecule has 1 aliphatic carbocycles. The van der Waals surface area contributed by atoms with Crippen molar-refractivity contribution in [3.05, 3.63) is 22.8 Å². The topological polar surface area (TPSA) is 97.8 Å². The van der Waals surface area contributed by atoms with Crippen molar-refractivity contribution in [1.29, 1.82) is 0 Å². The molecule has 130 valence electrons. The second-order valence-corrected chi connectivity index (χ2v) is 6.78. The normalized spacial score (nSPS) is 23.0. The summed E-state index contributed by atoms with van der Waals surface area (Å²) in [6.07, 6.45) is 3.96. The lowest BCUT2D eigenvalue weighted by Crippen LogP contribution is -2.50. The van der Waals surface area contributed by atoms with Gasteiger partial charge in [0.05, 0.1) is 30.7 Å². The molecule has 0 bridgehead atoms. The van der Waals surface area contributed by atoms with Crippen LogP contribution >= 0.6 is 11.6 Å². The molecule has 7 nitrogen and oxygen atoms in total. The predicted octanol–water partition coefficient (Wildman–Crippen LogP) is 1.89. The first-order valence-electron chi connectivity index (χ1n) is 7.88. The van der Waals surface area contributed by atoms with Crippen molar-refractivity contribution in [2.45, 2.75) is 31.2 Å². The van der Waals surface area contributed by atoms with Gasteiger partial charge in [0, 0.05) is 12.8 Å². The summed E-state index contributed by atoms with van der Waals surface area (Å²) >= 11 is 6.13. The van der Waals surface area contributed by atoms with E-state index in [9.17, 15) is 9.59 Å². The molecule has 1 saturated carbocycles. The minimum absolute atomic E-state index is 0.175. The largest absolute Gasteiger partial charge is 0.481 e. The summed E-state index contributed by atoms with van der Waals surface area (Å²) in [7, 11) is 0. The Morgan fingerprint density at radius 1 is 1.50 bits per heavy atom. The summed E-state index contributed by atoms with van der Waals surface area (Å²) in [6.45, 7) is 1.17. The van der Waals surface area contributed by atoms with E-state index in [-0.39, 0.29) is 23.6 Å². The lowest BCUT2D eigenvalue weighted by molar-refractivity contribution is -0.138. The molecule has 24 heavy (non-hydrogen) atoms. The first-order valence-corrected chi connectivity index (χ1v) is 8.26. The highest BCUT2D eigenvalue weighted by molar-refractivity contribution is 6.32. The lowest BCUT2D eigenvalue weighted by atomic mass is 9.94. The number of amides is 1. The standard InChI is InChI=1S/C16H19ClN2O5/c17-12-5-11(7-18-15(12)24-8-10-1-2-10)14(22)19-16(6-13(20)21)3-4-23-9-16/h5,7,10H,1-4,6,8-9H2,(H,19,22)(H,20,21). The molecule has 2 aliphatic rings. The minimum atomic E-state index is -0.985. The van der Waals surface area contributed by atoms with Gasteiger partial charge in [-0.15, -0.1) is 0 Å². The van der Waals surface area contributed by atoms with E-state index in [1.54, 1.807) is 0 Å². The Bertz CT molecular complexity index is 641. The first kappa shape index (κ1) is 17.0. The average Bonchev–Trinajstić information content (AvgIpc) is 3.25. The van der Waals surface area contributed by atoms with Crippen LogP contribution in [0.15, 0.2) is 12.3 Å². The Hall–Kier alpha value is -1.86. The number of pyridine rings is 1. The number of halogens is 1. The van der Waals surface area contributed by atoms with Crippen molar-refractivity contribution in [2.75, 3.05) is 19.8 Å². The molecule has 2 heterocycles. The van der Waals surface area contributed by atoms with Crippen LogP contribution < -0.4 is 10.1 Å². The molecule has 8 heteroatoms. The molecule has 3 rings (SSSR count). The third-order valence-electron chi connectivity index (χ3n) is 4.19. The van der Waals surface area contributed by atoms with Gasteiger partial charge in [-0.05, 0) is 31.2 Å². The molecule has 1 aromatic heterocycles. The number of carboxylic acid groups (broad SMARTS) is 1. The van der Waals surface area contributed by atoms with Crippen LogP contribution in [-0.4, -0.2) is 47.3 Å². The van der Waals surface area contributed by atoms with E-state index in [0.29, 0.717) is 31.4 Å². The van der Waals surface area contributed by atoms with Crippen LogP contribution in [0, 0.1) is 5.92 Å². The Labute approximate surface area is 144 Å². The number of hydrogen-bond acceptors (Lipinski definition) is 5. The number of carbonyl (C=O) groups is 2. The Morgan fingerprint density at radius 2 is 2.29 bits per heavy atom. The maximum absolute atomic E-state index is 12.4. The third-order valence-corrected chi connectivity index (χ3v) is 4.46. The van der Waals surface area contributed by atoms with E-state index in [1.807, 2.05) is 0 Å². The fourth-order valence-electron chi connectivity index (χ4n) is 2.63. The zero-order chi connectivity index (χ0) is 17.2. The molecular weight excluding hydrogens is 336 g/mol. The van der Waals surface area contributed by atoms with Crippen LogP contribution in [0.4, 0.5) is 0 Å². The van der Waals surface area contributed by atoms with E-state index in [4.69, 9.17) is 26.2 Å². The number of ether oxygens (including phenoxy) is 2. The molecule has 1 saturated heterocycles. The number of carboxylic acids is 1. The van der Waals surface area contributed by atoms with Crippen molar-refractivity contribution in [2.24, 2.45) is 5.92 Å². The number of carbonyl (C=O) groups excluding carboxylic acids is 1. The molecule has 1 amide bonds. The average molecular weight is 355 g/mol. The van der Waals surface area contributed by atoms with E-state index in [0.717, 1.165) is 12.8 Å².